The molecule has 56 heavy (non-hydrogen) atoms. The summed E-state index contributed by atoms with van der Waals surface area (Å²) in [5, 5.41) is 0. The molecule has 8 aromatic rings. The first-order chi connectivity index (χ1) is 27.3. The molecule has 11 rings (SSSR count). The van der Waals surface area contributed by atoms with Crippen LogP contribution in [0.4, 0.5) is 17.1 Å². The van der Waals surface area contributed by atoms with Crippen LogP contribution in [0.25, 0.3) is 33.4 Å². The van der Waals surface area contributed by atoms with Crippen molar-refractivity contribution in [2.75, 3.05) is 4.90 Å². The smallest absolute Gasteiger partial charge is 0.0719 e. The second-order valence-electron chi connectivity index (χ2n) is 16.9. The average molecular weight is 718 g/mol. The third-order valence-corrected chi connectivity index (χ3v) is 13.4. The number of hydrogen-bond acceptors (Lipinski definition) is 1. The van der Waals surface area contributed by atoms with Crippen molar-refractivity contribution in [3.05, 3.63) is 233 Å². The summed E-state index contributed by atoms with van der Waals surface area (Å²) in [6.07, 6.45) is 0. The molecule has 8 aromatic carbocycles. The van der Waals surface area contributed by atoms with Crippen LogP contribution in [0.1, 0.15) is 72.2 Å². The summed E-state index contributed by atoms with van der Waals surface area (Å²) in [7, 11) is 0. The highest BCUT2D eigenvalue weighted by Gasteiger charge is 2.53. The summed E-state index contributed by atoms with van der Waals surface area (Å²) in [5.41, 5.74) is 21.4. The highest BCUT2D eigenvalue weighted by Crippen LogP contribution is 2.63. The minimum atomic E-state index is -0.427. The maximum atomic E-state index is 2.50. The van der Waals surface area contributed by atoms with Gasteiger partial charge >= 0.3 is 0 Å². The Hall–Kier alpha value is -6.44. The molecule has 3 aliphatic carbocycles. The summed E-state index contributed by atoms with van der Waals surface area (Å²) in [4.78, 5) is 2.50. The summed E-state index contributed by atoms with van der Waals surface area (Å²) in [5.74, 6) is 0. The summed E-state index contributed by atoms with van der Waals surface area (Å²) in [6, 6.07) is 70.6. The van der Waals surface area contributed by atoms with Crippen LogP contribution < -0.4 is 4.90 Å². The molecule has 1 spiro atoms. The number of benzene rings is 8. The van der Waals surface area contributed by atoms with Crippen LogP contribution in [-0.4, -0.2) is 0 Å². The molecule has 0 radical (unpaired) electrons. The minimum Gasteiger partial charge on any atom is -0.310 e. The van der Waals surface area contributed by atoms with Crippen molar-refractivity contribution in [3.63, 3.8) is 0 Å². The van der Waals surface area contributed by atoms with Crippen LogP contribution >= 0.6 is 0 Å². The maximum Gasteiger partial charge on any atom is 0.0719 e. The Labute approximate surface area is 330 Å². The largest absolute Gasteiger partial charge is 0.310 e. The van der Waals surface area contributed by atoms with E-state index in [1.807, 2.05) is 0 Å². The fraction of sp³-hybridized carbons (Fsp3) is 0.127. The van der Waals surface area contributed by atoms with Crippen LogP contribution in [0.3, 0.4) is 0 Å². The van der Waals surface area contributed by atoms with E-state index in [-0.39, 0.29) is 10.8 Å². The van der Waals surface area contributed by atoms with E-state index in [1.165, 1.54) is 77.9 Å². The van der Waals surface area contributed by atoms with Gasteiger partial charge in [-0.15, -0.1) is 0 Å². The number of hydrogen-bond donors (Lipinski definition) is 0. The molecule has 0 heterocycles. The molecule has 0 bridgehead atoms. The fourth-order valence-electron chi connectivity index (χ4n) is 10.8. The van der Waals surface area contributed by atoms with E-state index < -0.39 is 5.41 Å². The highest BCUT2D eigenvalue weighted by atomic mass is 15.1. The molecule has 0 atom stereocenters. The predicted molar refractivity (Wildman–Crippen MR) is 234 cm³/mol. The molecule has 0 amide bonds. The van der Waals surface area contributed by atoms with Gasteiger partial charge in [-0.05, 0) is 103 Å². The van der Waals surface area contributed by atoms with Crippen molar-refractivity contribution in [2.45, 2.75) is 43.9 Å². The van der Waals surface area contributed by atoms with E-state index in [2.05, 4.69) is 221 Å². The third kappa shape index (κ3) is 4.32. The van der Waals surface area contributed by atoms with Gasteiger partial charge in [0.2, 0.25) is 0 Å². The molecule has 1 heteroatoms. The second-order valence-corrected chi connectivity index (χ2v) is 16.9. The van der Waals surface area contributed by atoms with E-state index in [9.17, 15) is 0 Å². The number of para-hydroxylation sites is 1. The quantitative estimate of drug-likeness (QED) is 0.175. The van der Waals surface area contributed by atoms with Crippen molar-refractivity contribution in [3.8, 4) is 33.4 Å². The average Bonchev–Trinajstić information content (AvgIpc) is 3.66. The first kappa shape index (κ1) is 32.9. The summed E-state index contributed by atoms with van der Waals surface area (Å²) in [6.45, 7) is 9.52. The lowest BCUT2D eigenvalue weighted by atomic mass is 9.55. The second kappa shape index (κ2) is 11.8. The van der Waals surface area contributed by atoms with Crippen molar-refractivity contribution in [1.29, 1.82) is 0 Å². The fourth-order valence-corrected chi connectivity index (χ4v) is 10.8. The molecule has 0 fully saturated rings. The van der Waals surface area contributed by atoms with Crippen LogP contribution in [0, 0.1) is 0 Å². The van der Waals surface area contributed by atoms with Crippen molar-refractivity contribution >= 4 is 17.1 Å². The zero-order valence-electron chi connectivity index (χ0n) is 32.3. The topological polar surface area (TPSA) is 3.24 Å². The number of nitrogens with zero attached hydrogens (tertiary/aromatic N) is 1. The van der Waals surface area contributed by atoms with Crippen molar-refractivity contribution in [1.82, 2.24) is 0 Å². The van der Waals surface area contributed by atoms with Gasteiger partial charge in [-0.1, -0.05) is 185 Å². The predicted octanol–water partition coefficient (Wildman–Crippen LogP) is 14.1. The molecule has 0 aliphatic heterocycles. The lowest BCUT2D eigenvalue weighted by Gasteiger charge is -2.46. The van der Waals surface area contributed by atoms with Gasteiger partial charge in [0.05, 0.1) is 11.1 Å². The van der Waals surface area contributed by atoms with Crippen LogP contribution in [0.15, 0.2) is 188 Å². The van der Waals surface area contributed by atoms with E-state index in [0.29, 0.717) is 0 Å². The van der Waals surface area contributed by atoms with Crippen molar-refractivity contribution < 1.29 is 0 Å². The Bertz CT molecular complexity index is 2820. The lowest BCUT2D eigenvalue weighted by molar-refractivity contribution is 0.563. The SMILES string of the molecule is CC1(C)c2ccccc2-c2ccc(N(c3ccc4c(c3)-c3ccccc3C43c4ccccc4C(C)(C)c4ccccc43)c3ccccc3-c3ccccc3)cc21. The Morgan fingerprint density at radius 1 is 0.304 bits per heavy atom. The molecular formula is C55H43N. The number of anilines is 3. The Morgan fingerprint density at radius 2 is 0.750 bits per heavy atom. The number of fused-ring (bicyclic) bond motifs is 12. The molecule has 0 saturated carbocycles. The van der Waals surface area contributed by atoms with Crippen LogP contribution in [-0.2, 0) is 16.2 Å². The van der Waals surface area contributed by atoms with Gasteiger partial charge in [-0.3, -0.25) is 0 Å². The molecule has 0 N–H and O–H groups in total. The summed E-state index contributed by atoms with van der Waals surface area (Å²) < 4.78 is 0. The highest BCUT2D eigenvalue weighted by molar-refractivity contribution is 5.95. The van der Waals surface area contributed by atoms with Gasteiger partial charge < -0.3 is 4.90 Å². The monoisotopic (exact) mass is 717 g/mol. The Kier molecular flexibility index (Phi) is 6.93. The Morgan fingerprint density at radius 3 is 1.43 bits per heavy atom. The van der Waals surface area contributed by atoms with Crippen molar-refractivity contribution in [2.24, 2.45) is 0 Å². The van der Waals surface area contributed by atoms with Gasteiger partial charge in [0.25, 0.3) is 0 Å². The first-order valence-corrected chi connectivity index (χ1v) is 19.9. The van der Waals surface area contributed by atoms with E-state index in [1.54, 1.807) is 0 Å². The molecule has 268 valence electrons. The molecule has 0 aromatic heterocycles. The van der Waals surface area contributed by atoms with Crippen LogP contribution in [0.5, 0.6) is 0 Å². The zero-order chi connectivity index (χ0) is 37.8. The summed E-state index contributed by atoms with van der Waals surface area (Å²) >= 11 is 0. The van der Waals surface area contributed by atoms with Gasteiger partial charge in [0, 0.05) is 27.8 Å². The normalized spacial score (nSPS) is 15.6. The third-order valence-electron chi connectivity index (χ3n) is 13.4. The maximum absolute atomic E-state index is 2.50. The number of rotatable bonds is 4. The van der Waals surface area contributed by atoms with Gasteiger partial charge in [0.1, 0.15) is 0 Å². The van der Waals surface area contributed by atoms with Gasteiger partial charge in [0.15, 0.2) is 0 Å². The van der Waals surface area contributed by atoms with E-state index >= 15 is 0 Å². The van der Waals surface area contributed by atoms with Crippen LogP contribution in [0.2, 0.25) is 0 Å². The standard InChI is InChI=1S/C55H43N/c1-53(2)44-23-11-8-21-40(44)42-32-30-38(35-51(42)53)56(52-29-17-10-20-39(52)36-18-6-5-7-19-36)37-31-33-46-43(34-37)41-22-9-12-24-45(41)55(46)49-27-15-13-25-47(49)54(3,4)48-26-14-16-28-50(48)55/h5-35H,1-4H3. The minimum absolute atomic E-state index is 0.120. The zero-order valence-corrected chi connectivity index (χ0v) is 32.3. The Balaban J connectivity index is 1.18. The molecule has 0 saturated heterocycles. The molecule has 3 aliphatic rings. The molecule has 1 nitrogen and oxygen atoms in total. The molecular weight excluding hydrogens is 675 g/mol. The van der Waals surface area contributed by atoms with Gasteiger partial charge in [-0.2, -0.15) is 0 Å². The van der Waals surface area contributed by atoms with E-state index in [0.717, 1.165) is 17.1 Å². The lowest BCUT2D eigenvalue weighted by Crippen LogP contribution is -2.40. The van der Waals surface area contributed by atoms with Gasteiger partial charge in [-0.25, -0.2) is 0 Å². The molecule has 0 unspecified atom stereocenters. The van der Waals surface area contributed by atoms with E-state index in [4.69, 9.17) is 0 Å². The first-order valence-electron chi connectivity index (χ1n) is 19.9.